The van der Waals surface area contributed by atoms with Gasteiger partial charge < -0.3 is 15.0 Å². The molecule has 0 bridgehead atoms. The van der Waals surface area contributed by atoms with E-state index >= 15 is 0 Å². The molecule has 0 aliphatic carbocycles. The van der Waals surface area contributed by atoms with Crippen molar-refractivity contribution in [3.8, 4) is 0 Å². The van der Waals surface area contributed by atoms with Gasteiger partial charge in [-0.25, -0.2) is 4.79 Å². The molecule has 0 aliphatic rings. The Morgan fingerprint density at radius 2 is 1.61 bits per heavy atom. The first-order chi connectivity index (χ1) is 14.4. The van der Waals surface area contributed by atoms with Crippen molar-refractivity contribution in [2.45, 2.75) is 79.2 Å². The molecule has 1 amide bonds. The number of hydrogen-bond acceptors (Lipinski definition) is 5. The lowest BCUT2D eigenvalue weighted by Crippen LogP contribution is -2.39. The maximum Gasteiger partial charge on any atom is 0.410 e. The van der Waals surface area contributed by atoms with E-state index in [1.165, 1.54) is 12.1 Å². The number of nitrogens with one attached hydrogen (secondary N) is 1. The molecule has 1 N–H and O–H groups in total. The predicted octanol–water partition coefficient (Wildman–Crippen LogP) is 5.57. The summed E-state index contributed by atoms with van der Waals surface area (Å²) in [5, 5.41) is 14.1. The number of nitro benzene ring substituents is 1. The predicted molar refractivity (Wildman–Crippen MR) is 125 cm³/mol. The number of unbranched alkanes of at least 4 members (excludes halogenated alkanes) is 1. The third kappa shape index (κ3) is 13.0. The van der Waals surface area contributed by atoms with Gasteiger partial charge >= 0.3 is 6.09 Å². The number of non-ortho nitro benzene ring substituents is 1. The molecule has 0 saturated heterocycles. The lowest BCUT2D eigenvalue weighted by Gasteiger charge is -2.28. The summed E-state index contributed by atoms with van der Waals surface area (Å²) in [6, 6.07) is 6.66. The number of hydrogen-bond donors (Lipinski definition) is 1. The van der Waals surface area contributed by atoms with Crippen LogP contribution in [0.5, 0.6) is 0 Å². The second-order valence-corrected chi connectivity index (χ2v) is 10.3. The van der Waals surface area contributed by atoms with Crippen LogP contribution in [0.15, 0.2) is 24.3 Å². The zero-order valence-electron chi connectivity index (χ0n) is 20.2. The van der Waals surface area contributed by atoms with Gasteiger partial charge in [-0.05, 0) is 70.5 Å². The highest BCUT2D eigenvalue weighted by Crippen LogP contribution is 2.22. The van der Waals surface area contributed by atoms with Crippen molar-refractivity contribution in [2.75, 3.05) is 26.2 Å². The van der Waals surface area contributed by atoms with Crippen LogP contribution in [0.3, 0.4) is 0 Å². The smallest absolute Gasteiger partial charge is 0.410 e. The molecule has 0 atom stereocenters. The van der Waals surface area contributed by atoms with Crippen molar-refractivity contribution in [1.29, 1.82) is 0 Å². The summed E-state index contributed by atoms with van der Waals surface area (Å²) >= 11 is 0. The molecule has 0 saturated carbocycles. The van der Waals surface area contributed by atoms with Crippen molar-refractivity contribution in [3.63, 3.8) is 0 Å². The van der Waals surface area contributed by atoms with E-state index in [0.29, 0.717) is 18.5 Å². The third-order valence-electron chi connectivity index (χ3n) is 4.78. The van der Waals surface area contributed by atoms with E-state index < -0.39 is 5.60 Å². The van der Waals surface area contributed by atoms with Crippen LogP contribution in [0.4, 0.5) is 10.5 Å². The number of benzene rings is 1. The largest absolute Gasteiger partial charge is 0.444 e. The molecule has 0 spiro atoms. The number of ether oxygens (including phenoxy) is 1. The van der Waals surface area contributed by atoms with E-state index in [4.69, 9.17) is 4.74 Å². The molecule has 31 heavy (non-hydrogen) atoms. The lowest BCUT2D eigenvalue weighted by atomic mass is 9.90. The van der Waals surface area contributed by atoms with Gasteiger partial charge in [0.2, 0.25) is 0 Å². The van der Waals surface area contributed by atoms with Gasteiger partial charge in [0.1, 0.15) is 5.60 Å². The zero-order chi connectivity index (χ0) is 23.5. The normalized spacial score (nSPS) is 11.9. The summed E-state index contributed by atoms with van der Waals surface area (Å²) in [6.07, 6.45) is 4.62. The Hall–Kier alpha value is -2.15. The Kier molecular flexibility index (Phi) is 11.0. The zero-order valence-corrected chi connectivity index (χ0v) is 20.2. The maximum atomic E-state index is 12.6. The summed E-state index contributed by atoms with van der Waals surface area (Å²) < 4.78 is 5.58. The van der Waals surface area contributed by atoms with Crippen LogP contribution < -0.4 is 5.32 Å². The van der Waals surface area contributed by atoms with Crippen molar-refractivity contribution >= 4 is 11.8 Å². The molecule has 0 aliphatic heterocycles. The first kappa shape index (κ1) is 26.9. The van der Waals surface area contributed by atoms with Crippen LogP contribution in [0.25, 0.3) is 0 Å². The van der Waals surface area contributed by atoms with Gasteiger partial charge in [-0.2, -0.15) is 0 Å². The topological polar surface area (TPSA) is 84.7 Å². The van der Waals surface area contributed by atoms with Crippen LogP contribution in [0, 0.1) is 15.5 Å². The quantitative estimate of drug-likeness (QED) is 0.263. The van der Waals surface area contributed by atoms with Crippen LogP contribution in [0.1, 0.15) is 72.8 Å². The van der Waals surface area contributed by atoms with E-state index in [2.05, 4.69) is 26.1 Å². The highest BCUT2D eigenvalue weighted by Gasteiger charge is 2.21. The first-order valence-electron chi connectivity index (χ1n) is 11.3. The van der Waals surface area contributed by atoms with Gasteiger partial charge in [0, 0.05) is 25.2 Å². The highest BCUT2D eigenvalue weighted by atomic mass is 16.6. The maximum absolute atomic E-state index is 12.6. The van der Waals surface area contributed by atoms with Gasteiger partial charge in [0.05, 0.1) is 4.92 Å². The van der Waals surface area contributed by atoms with E-state index in [9.17, 15) is 14.9 Å². The van der Waals surface area contributed by atoms with Crippen molar-refractivity contribution in [3.05, 3.63) is 39.9 Å². The van der Waals surface area contributed by atoms with Crippen LogP contribution in [-0.2, 0) is 11.2 Å². The molecule has 0 fully saturated rings. The third-order valence-corrected chi connectivity index (χ3v) is 4.78. The Bertz CT molecular complexity index is 676. The summed E-state index contributed by atoms with van der Waals surface area (Å²) in [7, 11) is 0. The molecular weight excluding hydrogens is 394 g/mol. The minimum atomic E-state index is -0.496. The van der Waals surface area contributed by atoms with Crippen molar-refractivity contribution < 1.29 is 14.5 Å². The van der Waals surface area contributed by atoms with E-state index in [1.807, 2.05) is 25.7 Å². The standard InChI is InChI=1S/C24H41N3O4/c1-23(2,3)15-7-8-18-26(22(28)31-24(4,5)6)19-9-16-25-17-14-20-10-12-21(13-11-20)27(29)30/h10-13,25H,7-9,14-19H2,1-6H3. The van der Waals surface area contributed by atoms with Crippen molar-refractivity contribution in [2.24, 2.45) is 5.41 Å². The number of carbonyl (C=O) groups excluding carboxylic acids is 1. The molecule has 7 nitrogen and oxygen atoms in total. The molecule has 176 valence electrons. The summed E-state index contributed by atoms with van der Waals surface area (Å²) in [5.41, 5.74) is 0.988. The van der Waals surface area contributed by atoms with Gasteiger partial charge in [0.25, 0.3) is 5.69 Å². The Balaban J connectivity index is 2.37. The van der Waals surface area contributed by atoms with E-state index in [-0.39, 0.29) is 16.7 Å². The fourth-order valence-corrected chi connectivity index (χ4v) is 3.12. The van der Waals surface area contributed by atoms with Gasteiger partial charge in [0.15, 0.2) is 0 Å². The monoisotopic (exact) mass is 435 g/mol. The molecule has 1 aromatic rings. The Morgan fingerprint density at radius 1 is 1.00 bits per heavy atom. The Labute approximate surface area is 187 Å². The Morgan fingerprint density at radius 3 is 2.16 bits per heavy atom. The molecule has 1 aromatic carbocycles. The van der Waals surface area contributed by atoms with Crippen molar-refractivity contribution in [1.82, 2.24) is 10.2 Å². The minimum Gasteiger partial charge on any atom is -0.444 e. The molecule has 7 heteroatoms. The average molecular weight is 436 g/mol. The number of nitrogens with zero attached hydrogens (tertiary/aromatic N) is 2. The molecule has 0 unspecified atom stereocenters. The average Bonchev–Trinajstić information content (AvgIpc) is 2.64. The number of rotatable bonds is 12. The second kappa shape index (κ2) is 12.6. The highest BCUT2D eigenvalue weighted by molar-refractivity contribution is 5.68. The van der Waals surface area contributed by atoms with E-state index in [1.54, 1.807) is 12.1 Å². The fraction of sp³-hybridized carbons (Fsp3) is 0.708. The number of amides is 1. The first-order valence-corrected chi connectivity index (χ1v) is 11.3. The van der Waals surface area contributed by atoms with Crippen LogP contribution in [0.2, 0.25) is 0 Å². The molecule has 0 heterocycles. The van der Waals surface area contributed by atoms with Crippen LogP contribution >= 0.6 is 0 Å². The van der Waals surface area contributed by atoms with E-state index in [0.717, 1.165) is 50.8 Å². The summed E-state index contributed by atoms with van der Waals surface area (Å²) in [5.74, 6) is 0. The SMILES string of the molecule is CC(C)(C)CCCCN(CCCNCCc1ccc([N+](=O)[O-])cc1)C(=O)OC(C)(C)C. The molecule has 1 rings (SSSR count). The summed E-state index contributed by atoms with van der Waals surface area (Å²) in [6.45, 7) is 15.4. The van der Waals surface area contributed by atoms with Gasteiger partial charge in [-0.15, -0.1) is 0 Å². The molecular formula is C24H41N3O4. The molecule has 0 aromatic heterocycles. The lowest BCUT2D eigenvalue weighted by molar-refractivity contribution is -0.384. The second-order valence-electron chi connectivity index (χ2n) is 10.3. The van der Waals surface area contributed by atoms with Crippen LogP contribution in [-0.4, -0.2) is 47.7 Å². The van der Waals surface area contributed by atoms with Gasteiger partial charge in [-0.3, -0.25) is 10.1 Å². The fourth-order valence-electron chi connectivity index (χ4n) is 3.12. The van der Waals surface area contributed by atoms with Gasteiger partial charge in [-0.1, -0.05) is 39.3 Å². The molecule has 0 radical (unpaired) electrons. The number of carbonyl (C=O) groups is 1. The number of nitro groups is 1. The minimum absolute atomic E-state index is 0.112. The summed E-state index contributed by atoms with van der Waals surface area (Å²) in [4.78, 5) is 24.7.